The van der Waals surface area contributed by atoms with E-state index in [2.05, 4.69) is 0 Å². The Morgan fingerprint density at radius 3 is 1.53 bits per heavy atom. The van der Waals surface area contributed by atoms with E-state index in [9.17, 15) is 4.79 Å². The molecule has 1 N–H and O–H groups in total. The van der Waals surface area contributed by atoms with E-state index in [4.69, 9.17) is 5.11 Å². The first kappa shape index (κ1) is 16.9. The van der Waals surface area contributed by atoms with Crippen LogP contribution in [0.15, 0.2) is 60.7 Å². The van der Waals surface area contributed by atoms with E-state index in [1.54, 1.807) is 12.1 Å². The minimum absolute atomic E-state index is 0. The van der Waals surface area contributed by atoms with Gasteiger partial charge < -0.3 is 0 Å². The van der Waals surface area contributed by atoms with E-state index in [-0.39, 0.29) is 32.7 Å². The molecule has 0 heterocycles. The van der Waals surface area contributed by atoms with Crippen molar-refractivity contribution in [3.05, 3.63) is 66.2 Å². The Morgan fingerprint density at radius 1 is 0.882 bits per heavy atom. The Labute approximate surface area is 142 Å². The molecule has 0 aliphatic carbocycles. The molecule has 0 fully saturated rings. The van der Waals surface area contributed by atoms with Crippen LogP contribution in [0.25, 0.3) is 0 Å². The number of carbonyl (C=O) groups is 1. The van der Waals surface area contributed by atoms with Gasteiger partial charge in [0.15, 0.2) is 0 Å². The van der Waals surface area contributed by atoms with Crippen molar-refractivity contribution in [3.63, 3.8) is 0 Å². The van der Waals surface area contributed by atoms with Crippen LogP contribution in [0.2, 0.25) is 0 Å². The Balaban J connectivity index is 0.000000316. The van der Waals surface area contributed by atoms with Crippen molar-refractivity contribution in [2.45, 2.75) is 0 Å². The maximum Gasteiger partial charge on any atom is 0 e. The quantitative estimate of drug-likeness (QED) is 0.746. The molecule has 0 bridgehead atoms. The molecule has 0 aliphatic rings. The number of aromatic carboxylic acids is 1. The molecule has 2 rings (SSSR count). The minimum atomic E-state index is -0.856. The minimum Gasteiger partial charge on any atom is -0.0623 e. The van der Waals surface area contributed by atoms with E-state index in [0.29, 0.717) is 5.56 Å². The van der Waals surface area contributed by atoms with Gasteiger partial charge in [0.25, 0.3) is 0 Å². The average molecular weight is 401 g/mol. The molecular weight excluding hydrogens is 389 g/mol. The molecule has 0 saturated carbocycles. The summed E-state index contributed by atoms with van der Waals surface area (Å²) in [4.78, 5) is 10.3. The van der Waals surface area contributed by atoms with E-state index >= 15 is 0 Å². The number of benzene rings is 2. The Morgan fingerprint density at radius 2 is 1.24 bits per heavy atom. The number of carboxylic acid groups (broad SMARTS) is 1. The summed E-state index contributed by atoms with van der Waals surface area (Å²) in [5, 5.41) is 8.49. The fourth-order valence-corrected chi connectivity index (χ4v) is 1.70. The first-order chi connectivity index (χ1) is 7.70. The predicted octanol–water partition coefficient (Wildman–Crippen LogP) is 2.24. The molecule has 4 heteroatoms. The zero-order valence-corrected chi connectivity index (χ0v) is 16.3. The monoisotopic (exact) mass is 402 g/mol. The summed E-state index contributed by atoms with van der Waals surface area (Å²) in [6.45, 7) is 0. The summed E-state index contributed by atoms with van der Waals surface area (Å²) < 4.78 is 1.24. The van der Waals surface area contributed by atoms with Gasteiger partial charge in [-0.2, -0.15) is 0 Å². The van der Waals surface area contributed by atoms with Gasteiger partial charge in [-0.3, -0.25) is 0 Å². The number of rotatable bonds is 1. The SMILES string of the molecule is O=C(O)c1cc[c]([Cd])cc1.[Y].c1ccccc1. The van der Waals surface area contributed by atoms with Gasteiger partial charge in [-0.05, 0) is 0 Å². The molecule has 0 saturated heterocycles. The topological polar surface area (TPSA) is 37.3 Å². The molecular formula is C13H11CdO2Y. The van der Waals surface area contributed by atoms with Gasteiger partial charge in [-0.25, -0.2) is 0 Å². The number of hydrogen-bond acceptors (Lipinski definition) is 1. The maximum atomic E-state index is 10.3. The molecule has 2 nitrogen and oxygen atoms in total. The van der Waals surface area contributed by atoms with Crippen LogP contribution in [0.1, 0.15) is 10.4 Å². The normalized spacial score (nSPS) is 8.35. The second-order valence-electron chi connectivity index (χ2n) is 3.16. The summed E-state index contributed by atoms with van der Waals surface area (Å²) in [5.74, 6) is -0.856. The van der Waals surface area contributed by atoms with Gasteiger partial charge in [0.1, 0.15) is 0 Å². The second kappa shape index (κ2) is 9.91. The summed E-state index contributed by atoms with van der Waals surface area (Å²) in [6.07, 6.45) is 0. The number of carboxylic acids is 1. The first-order valence-corrected chi connectivity index (χ1v) is 6.87. The second-order valence-corrected chi connectivity index (χ2v) is 5.49. The fourth-order valence-electron chi connectivity index (χ4n) is 1.03. The van der Waals surface area contributed by atoms with Crippen LogP contribution >= 0.6 is 0 Å². The Kier molecular flexibility index (Phi) is 9.88. The molecule has 0 atom stereocenters. The van der Waals surface area contributed by atoms with Crippen LogP contribution in [0.3, 0.4) is 0 Å². The van der Waals surface area contributed by atoms with E-state index in [0.717, 1.165) is 25.8 Å². The zero-order valence-electron chi connectivity index (χ0n) is 9.41. The van der Waals surface area contributed by atoms with Gasteiger partial charge in [-0.1, -0.05) is 36.4 Å². The third kappa shape index (κ3) is 7.79. The summed E-state index contributed by atoms with van der Waals surface area (Å²) in [7, 11) is 0. The van der Waals surface area contributed by atoms with Gasteiger partial charge in [0.2, 0.25) is 0 Å². The Bertz CT molecular complexity index is 402. The smallest absolute Gasteiger partial charge is 0 e. The number of hydrogen-bond donors (Lipinski definition) is 1. The first-order valence-electron chi connectivity index (χ1n) is 4.85. The average Bonchev–Trinajstić information content (AvgIpc) is 2.32. The van der Waals surface area contributed by atoms with Crippen LogP contribution in [0.4, 0.5) is 0 Å². The van der Waals surface area contributed by atoms with E-state index in [1.807, 2.05) is 48.5 Å². The van der Waals surface area contributed by atoms with Crippen molar-refractivity contribution >= 4 is 9.09 Å². The van der Waals surface area contributed by atoms with Crippen molar-refractivity contribution in [1.29, 1.82) is 0 Å². The van der Waals surface area contributed by atoms with Gasteiger partial charge in [-0.15, -0.1) is 0 Å². The van der Waals surface area contributed by atoms with Crippen LogP contribution < -0.4 is 3.12 Å². The van der Waals surface area contributed by atoms with Crippen LogP contribution in [-0.4, -0.2) is 11.1 Å². The van der Waals surface area contributed by atoms with Crippen LogP contribution in [-0.2, 0) is 58.5 Å². The molecule has 0 amide bonds. The molecule has 1 radical (unpaired) electrons. The van der Waals surface area contributed by atoms with Crippen molar-refractivity contribution < 1.29 is 68.4 Å². The molecule has 2 aromatic rings. The molecule has 0 spiro atoms. The standard InChI is InChI=1S/C7H5O2.C6H6.Cd.Y/c8-7(9)6-4-2-1-3-5-6;1-2-4-6-5-3-1;;/h2-5H,(H,8,9);1-6H;;. The third-order valence-electron chi connectivity index (χ3n) is 1.87. The molecule has 2 aromatic carbocycles. The molecule has 80 valence electrons. The van der Waals surface area contributed by atoms with E-state index in [1.165, 1.54) is 3.12 Å². The van der Waals surface area contributed by atoms with Crippen molar-refractivity contribution in [2.75, 3.05) is 0 Å². The van der Waals surface area contributed by atoms with E-state index < -0.39 is 5.97 Å². The van der Waals surface area contributed by atoms with Gasteiger partial charge in [0, 0.05) is 32.7 Å². The Hall–Kier alpha value is -0.0640. The fraction of sp³-hybridized carbons (Fsp3) is 0. The van der Waals surface area contributed by atoms with Gasteiger partial charge in [0.05, 0.1) is 0 Å². The molecule has 0 aromatic heterocycles. The van der Waals surface area contributed by atoms with Gasteiger partial charge >= 0.3 is 74.6 Å². The zero-order chi connectivity index (χ0) is 11.8. The molecule has 17 heavy (non-hydrogen) atoms. The maximum absolute atomic E-state index is 10.3. The summed E-state index contributed by atoms with van der Waals surface area (Å²) >= 11 is 0.762. The third-order valence-corrected chi connectivity index (χ3v) is 3.21. The predicted molar refractivity (Wildman–Crippen MR) is 59.5 cm³/mol. The van der Waals surface area contributed by atoms with Crippen molar-refractivity contribution in [2.24, 2.45) is 0 Å². The molecule has 0 unspecified atom stereocenters. The summed E-state index contributed by atoms with van der Waals surface area (Å²) in [6, 6.07) is 19.0. The summed E-state index contributed by atoms with van der Waals surface area (Å²) in [5.41, 5.74) is 0.366. The van der Waals surface area contributed by atoms with Crippen molar-refractivity contribution in [3.8, 4) is 0 Å². The van der Waals surface area contributed by atoms with Crippen molar-refractivity contribution in [1.82, 2.24) is 0 Å². The van der Waals surface area contributed by atoms with Crippen LogP contribution in [0.5, 0.6) is 0 Å². The van der Waals surface area contributed by atoms with Crippen LogP contribution in [0, 0.1) is 0 Å². The largest absolute Gasteiger partial charge is 0.0623 e. The molecule has 0 aliphatic heterocycles.